The molecule has 2 heterocycles. The van der Waals surface area contributed by atoms with Crippen LogP contribution in [-0.4, -0.2) is 89.4 Å². The van der Waals surface area contributed by atoms with Gasteiger partial charge in [0.15, 0.2) is 25.5 Å². The molecule has 0 unspecified atom stereocenters. The van der Waals surface area contributed by atoms with E-state index >= 15 is 0 Å². The third-order valence-electron chi connectivity index (χ3n) is 8.08. The van der Waals surface area contributed by atoms with E-state index in [9.17, 15) is 20.4 Å². The molecule has 4 N–H and O–H groups in total. The topological polar surface area (TPSA) is 95.2 Å². The molecule has 0 aliphatic heterocycles. The van der Waals surface area contributed by atoms with Crippen molar-refractivity contribution >= 4 is 45.5 Å². The molecule has 4 rings (SSSR count). The normalized spacial score (nSPS) is 13.2. The van der Waals surface area contributed by atoms with E-state index in [1.54, 1.807) is 0 Å². The highest BCUT2D eigenvalue weighted by atomic mass is 33.1. The molecule has 0 fully saturated rings. The molecule has 48 heavy (non-hydrogen) atoms. The van der Waals surface area contributed by atoms with Gasteiger partial charge in [0.1, 0.15) is 0 Å². The molecular formula is C38H50N4O4S2+2. The minimum Gasteiger partial charge on any atom is -0.395 e. The zero-order valence-corrected chi connectivity index (χ0v) is 29.3. The first-order chi connectivity index (χ1) is 23.6. The third-order valence-corrected chi connectivity index (χ3v) is 10.4. The van der Waals surface area contributed by atoms with Gasteiger partial charge in [0.2, 0.25) is 11.4 Å². The predicted octanol–water partition coefficient (Wildman–Crippen LogP) is 4.21. The van der Waals surface area contributed by atoms with Gasteiger partial charge in [0, 0.05) is 74.0 Å². The van der Waals surface area contributed by atoms with Crippen molar-refractivity contribution < 1.29 is 29.6 Å². The summed E-state index contributed by atoms with van der Waals surface area (Å²) in [5.41, 5.74) is 6.86. The van der Waals surface area contributed by atoms with Crippen molar-refractivity contribution in [1.29, 1.82) is 0 Å². The number of pyridine rings is 2. The van der Waals surface area contributed by atoms with Crippen molar-refractivity contribution in [3.05, 3.63) is 120 Å². The first-order valence-corrected chi connectivity index (χ1v) is 19.1. The van der Waals surface area contributed by atoms with E-state index in [2.05, 4.69) is 111 Å². The quantitative estimate of drug-likeness (QED) is 0.0751. The number of allylic oxidation sites excluding steroid dienone is 5. The average Bonchev–Trinajstić information content (AvgIpc) is 3.12. The van der Waals surface area contributed by atoms with E-state index < -0.39 is 0 Å². The maximum absolute atomic E-state index is 9.34. The van der Waals surface area contributed by atoms with E-state index in [0.717, 1.165) is 54.4 Å². The molecule has 0 radical (unpaired) electrons. The number of anilines is 1. The van der Waals surface area contributed by atoms with E-state index in [1.165, 1.54) is 17.0 Å². The Kier molecular flexibility index (Phi) is 16.8. The molecule has 0 saturated heterocycles. The van der Waals surface area contributed by atoms with Crippen LogP contribution >= 0.6 is 21.6 Å². The maximum Gasteiger partial charge on any atom is 0.205 e. The third kappa shape index (κ3) is 12.3. The van der Waals surface area contributed by atoms with Gasteiger partial charge in [-0.15, -0.1) is 0 Å². The van der Waals surface area contributed by atoms with Crippen LogP contribution in [0.2, 0.25) is 0 Å². The van der Waals surface area contributed by atoms with Gasteiger partial charge in [-0.05, 0) is 60.4 Å². The molecule has 8 nitrogen and oxygen atoms in total. The lowest BCUT2D eigenvalue weighted by Crippen LogP contribution is -2.38. The van der Waals surface area contributed by atoms with Crippen LogP contribution in [0.1, 0.15) is 29.8 Å². The van der Waals surface area contributed by atoms with Gasteiger partial charge in [-0.2, -0.15) is 9.13 Å². The summed E-state index contributed by atoms with van der Waals surface area (Å²) in [6.45, 7) is 4.22. The monoisotopic (exact) mass is 690 g/mol. The molecule has 1 aliphatic carbocycles. The number of aryl methyl sites for hydroxylation is 2. The summed E-state index contributed by atoms with van der Waals surface area (Å²) in [7, 11) is 3.81. The Labute approximate surface area is 293 Å². The van der Waals surface area contributed by atoms with Gasteiger partial charge in [-0.3, -0.25) is 0 Å². The van der Waals surface area contributed by atoms with E-state index in [1.807, 2.05) is 38.6 Å². The molecule has 3 aromatic rings. The Morgan fingerprint density at radius 2 is 1.12 bits per heavy atom. The van der Waals surface area contributed by atoms with Crippen LogP contribution in [0.25, 0.3) is 18.2 Å². The highest BCUT2D eigenvalue weighted by Gasteiger charge is 2.13. The fourth-order valence-corrected chi connectivity index (χ4v) is 7.48. The fourth-order valence-electron chi connectivity index (χ4n) is 5.54. The van der Waals surface area contributed by atoms with Crippen LogP contribution in [0.4, 0.5) is 5.69 Å². The number of aliphatic hydroxyl groups excluding tert-OH is 4. The number of nitrogens with zero attached hydrogens (tertiary/aromatic N) is 4. The van der Waals surface area contributed by atoms with Gasteiger partial charge in [-0.1, -0.05) is 45.9 Å². The van der Waals surface area contributed by atoms with E-state index in [0.29, 0.717) is 26.2 Å². The second-order valence-corrected chi connectivity index (χ2v) is 14.0. The summed E-state index contributed by atoms with van der Waals surface area (Å²) in [6, 6.07) is 20.8. The molecule has 256 valence electrons. The molecule has 0 amide bonds. The molecule has 0 spiro atoms. The van der Waals surface area contributed by atoms with Crippen molar-refractivity contribution in [1.82, 2.24) is 4.90 Å². The Morgan fingerprint density at radius 1 is 0.583 bits per heavy atom. The molecule has 0 atom stereocenters. The van der Waals surface area contributed by atoms with Gasteiger partial charge >= 0.3 is 0 Å². The largest absolute Gasteiger partial charge is 0.395 e. The smallest absolute Gasteiger partial charge is 0.205 e. The summed E-state index contributed by atoms with van der Waals surface area (Å²) in [5.74, 6) is 2.02. The summed E-state index contributed by atoms with van der Waals surface area (Å²) in [4.78, 5) is 4.04. The second kappa shape index (κ2) is 21.6. The molecule has 0 bridgehead atoms. The standard InChI is InChI=1S/C38H50N4O4S2/c43-27-21-41(22-28-44)37-15-9-33(10-16-37)7-13-35-5-1-3-19-39(35)25-31-47-48-32-26-40-20-4-2-6-36(40)14-8-34-11-17-38(18-12-34)42(23-29-45)24-30-46/h1-11,13-17,19-20,43-46H,12,18,21-32H2/q+2. The minimum atomic E-state index is 0.0526. The van der Waals surface area contributed by atoms with Crippen LogP contribution in [0.15, 0.2) is 103 Å². The SMILES string of the molecule is OCCN(CCO)C1=CC=C(/C=C/c2cccc[n+]2CCSSCC[n+]2ccccc2/C=C/c2ccc(N(CCO)CCO)cc2)CC1. The maximum atomic E-state index is 9.34. The molecule has 2 aromatic heterocycles. The van der Waals surface area contributed by atoms with Crippen LogP contribution in [0.3, 0.4) is 0 Å². The molecule has 1 aromatic carbocycles. The highest BCUT2D eigenvalue weighted by molar-refractivity contribution is 8.76. The fraction of sp³-hybridized carbons (Fsp3) is 0.368. The number of hydrogen-bond donors (Lipinski definition) is 4. The van der Waals surface area contributed by atoms with E-state index in [-0.39, 0.29) is 26.4 Å². The van der Waals surface area contributed by atoms with Gasteiger partial charge in [0.05, 0.1) is 37.9 Å². The van der Waals surface area contributed by atoms with Crippen LogP contribution < -0.4 is 14.0 Å². The predicted molar refractivity (Wildman–Crippen MR) is 200 cm³/mol. The first-order valence-electron chi connectivity index (χ1n) is 16.7. The van der Waals surface area contributed by atoms with Crippen molar-refractivity contribution in [3.63, 3.8) is 0 Å². The van der Waals surface area contributed by atoms with Gasteiger partial charge < -0.3 is 30.2 Å². The van der Waals surface area contributed by atoms with E-state index in [4.69, 9.17) is 0 Å². The van der Waals surface area contributed by atoms with Crippen molar-refractivity contribution in [2.75, 3.05) is 69.0 Å². The number of rotatable bonds is 21. The Bertz CT molecular complexity index is 1500. The summed E-state index contributed by atoms with van der Waals surface area (Å²) in [6.07, 6.45) is 19.0. The number of aromatic nitrogens is 2. The highest BCUT2D eigenvalue weighted by Crippen LogP contribution is 2.23. The summed E-state index contributed by atoms with van der Waals surface area (Å²) in [5, 5.41) is 37.3. The lowest BCUT2D eigenvalue weighted by molar-refractivity contribution is -0.694. The summed E-state index contributed by atoms with van der Waals surface area (Å²) >= 11 is 0. The lowest BCUT2D eigenvalue weighted by atomic mass is 10.0. The van der Waals surface area contributed by atoms with Gasteiger partial charge in [-0.25, -0.2) is 0 Å². The molecule has 0 saturated carbocycles. The molecule has 10 heteroatoms. The zero-order chi connectivity index (χ0) is 33.8. The Hall–Kier alpha value is -3.38. The number of aliphatic hydroxyl groups is 4. The lowest BCUT2D eigenvalue weighted by Gasteiger charge is -2.27. The Morgan fingerprint density at radius 3 is 1.65 bits per heavy atom. The first kappa shape index (κ1) is 37.4. The van der Waals surface area contributed by atoms with Gasteiger partial charge in [0.25, 0.3) is 0 Å². The number of benzene rings is 1. The second-order valence-electron chi connectivity index (χ2n) is 11.3. The number of hydrogen-bond acceptors (Lipinski definition) is 8. The van der Waals surface area contributed by atoms with Crippen LogP contribution in [-0.2, 0) is 13.1 Å². The van der Waals surface area contributed by atoms with Crippen LogP contribution in [0, 0.1) is 0 Å². The molecule has 1 aliphatic rings. The van der Waals surface area contributed by atoms with Crippen molar-refractivity contribution in [2.45, 2.75) is 25.9 Å². The minimum absolute atomic E-state index is 0.0526. The van der Waals surface area contributed by atoms with Crippen molar-refractivity contribution in [2.24, 2.45) is 0 Å². The average molecular weight is 691 g/mol. The molecular weight excluding hydrogens is 641 g/mol. The van der Waals surface area contributed by atoms with Crippen LogP contribution in [0.5, 0.6) is 0 Å². The summed E-state index contributed by atoms with van der Waals surface area (Å²) < 4.78 is 4.59. The van der Waals surface area contributed by atoms with Crippen molar-refractivity contribution in [3.8, 4) is 0 Å². The zero-order valence-electron chi connectivity index (χ0n) is 27.7. The Balaban J connectivity index is 1.23.